The Bertz CT molecular complexity index is 508. The van der Waals surface area contributed by atoms with Crippen LogP contribution < -0.4 is 14.8 Å². The first-order chi connectivity index (χ1) is 11.4. The summed E-state index contributed by atoms with van der Waals surface area (Å²) < 4.78 is 10.6. The Kier molecular flexibility index (Phi) is 8.90. The summed E-state index contributed by atoms with van der Waals surface area (Å²) in [6, 6.07) is 6.02. The number of benzene rings is 1. The highest BCUT2D eigenvalue weighted by atomic mass is 32.1. The lowest BCUT2D eigenvalue weighted by Crippen LogP contribution is -2.44. The number of nitrogens with one attached hydrogen (secondary N) is 1. The van der Waals surface area contributed by atoms with Gasteiger partial charge in [0, 0.05) is 19.6 Å². The fourth-order valence-electron chi connectivity index (χ4n) is 2.58. The van der Waals surface area contributed by atoms with Crippen LogP contribution in [-0.4, -0.2) is 43.9 Å². The highest BCUT2D eigenvalue weighted by Crippen LogP contribution is 2.27. The maximum atomic E-state index is 5.59. The summed E-state index contributed by atoms with van der Waals surface area (Å²) in [6.07, 6.45) is 0.887. The van der Waals surface area contributed by atoms with E-state index in [1.807, 2.05) is 12.1 Å². The summed E-state index contributed by atoms with van der Waals surface area (Å²) in [7, 11) is 3.31. The Balaban J connectivity index is 2.56. The minimum atomic E-state index is 0.592. The molecule has 0 heterocycles. The minimum absolute atomic E-state index is 0.592. The maximum absolute atomic E-state index is 5.59. The zero-order valence-corrected chi connectivity index (χ0v) is 16.7. The van der Waals surface area contributed by atoms with E-state index < -0.39 is 0 Å². The minimum Gasteiger partial charge on any atom is -0.493 e. The number of methoxy groups -OCH3 is 2. The monoisotopic (exact) mass is 352 g/mol. The lowest BCUT2D eigenvalue weighted by molar-refractivity contribution is 0.324. The average molecular weight is 353 g/mol. The molecule has 0 atom stereocenters. The Labute approximate surface area is 152 Å². The average Bonchev–Trinajstić information content (AvgIpc) is 2.53. The third-order valence-electron chi connectivity index (χ3n) is 3.60. The molecule has 0 aliphatic rings. The van der Waals surface area contributed by atoms with Crippen molar-refractivity contribution in [3.63, 3.8) is 0 Å². The van der Waals surface area contributed by atoms with Crippen molar-refractivity contribution in [3.8, 4) is 11.5 Å². The fraction of sp³-hybridized carbons (Fsp3) is 0.632. The maximum Gasteiger partial charge on any atom is 0.168 e. The Morgan fingerprint density at radius 2 is 1.62 bits per heavy atom. The smallest absolute Gasteiger partial charge is 0.168 e. The van der Waals surface area contributed by atoms with Crippen LogP contribution in [0.1, 0.15) is 33.3 Å². The molecule has 0 unspecified atom stereocenters. The van der Waals surface area contributed by atoms with Crippen LogP contribution in [0.2, 0.25) is 0 Å². The van der Waals surface area contributed by atoms with E-state index in [4.69, 9.17) is 21.7 Å². The van der Waals surface area contributed by atoms with E-state index >= 15 is 0 Å². The van der Waals surface area contributed by atoms with Crippen molar-refractivity contribution in [1.29, 1.82) is 0 Å². The highest BCUT2D eigenvalue weighted by Gasteiger charge is 2.13. The predicted octanol–water partition coefficient (Wildman–Crippen LogP) is 3.73. The topological polar surface area (TPSA) is 33.7 Å². The van der Waals surface area contributed by atoms with Crippen molar-refractivity contribution in [2.75, 3.05) is 33.9 Å². The molecule has 0 fully saturated rings. The summed E-state index contributed by atoms with van der Waals surface area (Å²) in [4.78, 5) is 2.28. The molecule has 1 N–H and O–H groups in total. The van der Waals surface area contributed by atoms with Crippen molar-refractivity contribution < 1.29 is 9.47 Å². The van der Waals surface area contributed by atoms with Gasteiger partial charge in [-0.2, -0.15) is 0 Å². The van der Waals surface area contributed by atoms with E-state index in [2.05, 4.69) is 44.0 Å². The second-order valence-electron chi connectivity index (χ2n) is 6.86. The van der Waals surface area contributed by atoms with Crippen LogP contribution in [-0.2, 0) is 6.42 Å². The first-order valence-electron chi connectivity index (χ1n) is 8.61. The Morgan fingerprint density at radius 3 is 2.12 bits per heavy atom. The lowest BCUT2D eigenvalue weighted by Gasteiger charge is -2.29. The molecule has 0 radical (unpaired) electrons. The van der Waals surface area contributed by atoms with Crippen LogP contribution in [0.25, 0.3) is 0 Å². The zero-order chi connectivity index (χ0) is 18.1. The Hall–Kier alpha value is -1.49. The largest absolute Gasteiger partial charge is 0.493 e. The quantitative estimate of drug-likeness (QED) is 0.685. The molecule has 5 heteroatoms. The molecule has 0 aliphatic carbocycles. The zero-order valence-electron chi connectivity index (χ0n) is 15.9. The van der Waals surface area contributed by atoms with Gasteiger partial charge in [0.1, 0.15) is 0 Å². The van der Waals surface area contributed by atoms with Crippen molar-refractivity contribution in [2.45, 2.75) is 34.1 Å². The SMILES string of the molecule is COc1ccc(CCNC(=S)N(CC(C)C)CC(C)C)cc1OC. The molecule has 0 saturated heterocycles. The second-order valence-corrected chi connectivity index (χ2v) is 7.25. The van der Waals surface area contributed by atoms with Crippen LogP contribution >= 0.6 is 12.2 Å². The molecule has 4 nitrogen and oxygen atoms in total. The van der Waals surface area contributed by atoms with Crippen LogP contribution in [0, 0.1) is 11.8 Å². The molecule has 0 aliphatic heterocycles. The molecule has 0 amide bonds. The van der Waals surface area contributed by atoms with Gasteiger partial charge in [0.15, 0.2) is 16.6 Å². The number of hydrogen-bond acceptors (Lipinski definition) is 3. The molecule has 0 saturated carbocycles. The van der Waals surface area contributed by atoms with E-state index in [0.29, 0.717) is 11.8 Å². The lowest BCUT2D eigenvalue weighted by atomic mass is 10.1. The number of rotatable bonds is 9. The summed E-state index contributed by atoms with van der Waals surface area (Å²) >= 11 is 5.59. The standard InChI is InChI=1S/C19H32N2O2S/c1-14(2)12-21(13-15(3)4)19(24)20-10-9-16-7-8-17(22-5)18(11-16)23-6/h7-8,11,14-15H,9-10,12-13H2,1-6H3,(H,20,24). The molecule has 1 aromatic rings. The van der Waals surface area contributed by atoms with Crippen molar-refractivity contribution in [2.24, 2.45) is 11.8 Å². The van der Waals surface area contributed by atoms with Gasteiger partial charge in [-0.05, 0) is 48.2 Å². The summed E-state index contributed by atoms with van der Waals surface area (Å²) in [5.41, 5.74) is 1.20. The first kappa shape index (κ1) is 20.6. The van der Waals surface area contributed by atoms with E-state index in [0.717, 1.165) is 42.7 Å². The number of hydrogen-bond donors (Lipinski definition) is 1. The van der Waals surface area contributed by atoms with E-state index in [1.54, 1.807) is 14.2 Å². The van der Waals surface area contributed by atoms with Crippen LogP contribution in [0.4, 0.5) is 0 Å². The number of thiocarbonyl (C=S) groups is 1. The summed E-state index contributed by atoms with van der Waals surface area (Å²) in [6.45, 7) is 11.7. The summed E-state index contributed by atoms with van der Waals surface area (Å²) in [5, 5.41) is 4.24. The van der Waals surface area contributed by atoms with Crippen LogP contribution in [0.5, 0.6) is 11.5 Å². The highest BCUT2D eigenvalue weighted by molar-refractivity contribution is 7.80. The van der Waals surface area contributed by atoms with Gasteiger partial charge >= 0.3 is 0 Å². The molecule has 24 heavy (non-hydrogen) atoms. The first-order valence-corrected chi connectivity index (χ1v) is 9.01. The van der Waals surface area contributed by atoms with E-state index in [9.17, 15) is 0 Å². The number of nitrogens with zero attached hydrogens (tertiary/aromatic N) is 1. The molecule has 0 aromatic heterocycles. The van der Waals surface area contributed by atoms with Gasteiger partial charge in [-0.25, -0.2) is 0 Å². The van der Waals surface area contributed by atoms with E-state index in [1.165, 1.54) is 5.56 Å². The summed E-state index contributed by atoms with van der Waals surface area (Å²) in [5.74, 6) is 2.70. The predicted molar refractivity (Wildman–Crippen MR) is 105 cm³/mol. The normalized spacial score (nSPS) is 10.8. The molecule has 1 rings (SSSR count). The third kappa shape index (κ3) is 6.95. The van der Waals surface area contributed by atoms with Gasteiger partial charge in [-0.3, -0.25) is 0 Å². The van der Waals surface area contributed by atoms with Gasteiger partial charge in [0.05, 0.1) is 14.2 Å². The molecule has 1 aromatic carbocycles. The van der Waals surface area contributed by atoms with Gasteiger partial charge in [0.2, 0.25) is 0 Å². The van der Waals surface area contributed by atoms with Crippen LogP contribution in [0.3, 0.4) is 0 Å². The molecular weight excluding hydrogens is 320 g/mol. The molecule has 136 valence electrons. The van der Waals surface area contributed by atoms with Crippen molar-refractivity contribution in [3.05, 3.63) is 23.8 Å². The van der Waals surface area contributed by atoms with Gasteiger partial charge in [0.25, 0.3) is 0 Å². The van der Waals surface area contributed by atoms with Gasteiger partial charge in [-0.1, -0.05) is 33.8 Å². The van der Waals surface area contributed by atoms with Crippen molar-refractivity contribution >= 4 is 17.3 Å². The second kappa shape index (κ2) is 10.4. The fourth-order valence-corrected chi connectivity index (χ4v) is 2.83. The van der Waals surface area contributed by atoms with Crippen LogP contribution in [0.15, 0.2) is 18.2 Å². The third-order valence-corrected chi connectivity index (χ3v) is 4.00. The number of ether oxygens (including phenoxy) is 2. The van der Waals surface area contributed by atoms with Gasteiger partial charge in [-0.15, -0.1) is 0 Å². The Morgan fingerprint density at radius 1 is 1.04 bits per heavy atom. The van der Waals surface area contributed by atoms with Crippen molar-refractivity contribution in [1.82, 2.24) is 10.2 Å². The molecule has 0 bridgehead atoms. The molecular formula is C19H32N2O2S. The molecule has 0 spiro atoms. The van der Waals surface area contributed by atoms with Gasteiger partial charge < -0.3 is 19.7 Å². The van der Waals surface area contributed by atoms with E-state index in [-0.39, 0.29) is 0 Å².